The van der Waals surface area contributed by atoms with Crippen LogP contribution in [0, 0.1) is 12.8 Å². The zero-order chi connectivity index (χ0) is 11.8. The molecule has 0 atom stereocenters. The molecule has 0 spiro atoms. The first-order valence-corrected chi connectivity index (χ1v) is 5.59. The van der Waals surface area contributed by atoms with E-state index in [1.165, 1.54) is 0 Å². The summed E-state index contributed by atoms with van der Waals surface area (Å²) in [5, 5.41) is 9.38. The Morgan fingerprint density at radius 2 is 2.00 bits per heavy atom. The Morgan fingerprint density at radius 1 is 1.44 bits per heavy atom. The number of carbonyl (C=O) groups is 1. The molecule has 0 unspecified atom stereocenters. The van der Waals surface area contributed by atoms with Gasteiger partial charge >= 0.3 is 5.97 Å². The van der Waals surface area contributed by atoms with Gasteiger partial charge in [-0.1, -0.05) is 29.8 Å². The predicted octanol–water partition coefficient (Wildman–Crippen LogP) is 1.69. The molecule has 0 bridgehead atoms. The summed E-state index contributed by atoms with van der Waals surface area (Å²) in [5.41, 5.74) is 6.95. The Hall–Kier alpha value is -1.35. The van der Waals surface area contributed by atoms with Crippen molar-refractivity contribution < 1.29 is 9.90 Å². The Morgan fingerprint density at radius 3 is 2.44 bits per heavy atom. The van der Waals surface area contributed by atoms with Gasteiger partial charge in [-0.3, -0.25) is 4.79 Å². The summed E-state index contributed by atoms with van der Waals surface area (Å²) in [4.78, 5) is 11.4. The van der Waals surface area contributed by atoms with Crippen molar-refractivity contribution >= 4 is 5.97 Å². The highest BCUT2D eigenvalue weighted by atomic mass is 16.4. The summed E-state index contributed by atoms with van der Waals surface area (Å²) in [5.74, 6) is -0.363. The van der Waals surface area contributed by atoms with Crippen molar-refractivity contribution in [3.8, 4) is 0 Å². The highest BCUT2D eigenvalue weighted by Gasteiger charge is 2.50. The Kier molecular flexibility index (Phi) is 2.72. The zero-order valence-corrected chi connectivity index (χ0v) is 9.44. The molecular weight excluding hydrogens is 202 g/mol. The Labute approximate surface area is 95.3 Å². The summed E-state index contributed by atoms with van der Waals surface area (Å²) >= 11 is 0. The SMILES string of the molecule is Cc1ccc(C2(C(=O)O)CC(CN)C2)cc1. The number of nitrogens with two attached hydrogens (primary N) is 1. The van der Waals surface area contributed by atoms with E-state index in [-0.39, 0.29) is 0 Å². The molecule has 1 aliphatic rings. The number of rotatable bonds is 3. The number of aryl methyl sites for hydroxylation is 1. The van der Waals surface area contributed by atoms with Crippen LogP contribution in [0.25, 0.3) is 0 Å². The van der Waals surface area contributed by atoms with E-state index in [0.29, 0.717) is 25.3 Å². The summed E-state index contributed by atoms with van der Waals surface area (Å²) in [7, 11) is 0. The van der Waals surface area contributed by atoms with E-state index in [9.17, 15) is 9.90 Å². The first kappa shape index (κ1) is 11.1. The van der Waals surface area contributed by atoms with Crippen LogP contribution in [0.5, 0.6) is 0 Å². The standard InChI is InChI=1S/C13H17NO2/c1-9-2-4-11(5-3-9)13(12(15)16)6-10(7-13)8-14/h2-5,10H,6-8,14H2,1H3,(H,15,16). The molecule has 3 N–H and O–H groups in total. The van der Waals surface area contributed by atoms with E-state index >= 15 is 0 Å². The summed E-state index contributed by atoms with van der Waals surface area (Å²) in [6.07, 6.45) is 1.34. The second-order valence-electron chi connectivity index (χ2n) is 4.76. The highest BCUT2D eigenvalue weighted by molar-refractivity contribution is 5.82. The molecule has 0 heterocycles. The maximum absolute atomic E-state index is 11.4. The summed E-state index contributed by atoms with van der Waals surface area (Å²) in [6, 6.07) is 7.79. The molecule has 86 valence electrons. The van der Waals surface area contributed by atoms with E-state index < -0.39 is 11.4 Å². The molecule has 1 aromatic carbocycles. The minimum atomic E-state index is -0.721. The lowest BCUT2D eigenvalue weighted by atomic mass is 9.58. The average Bonchev–Trinajstić information content (AvgIpc) is 2.19. The topological polar surface area (TPSA) is 63.3 Å². The van der Waals surface area contributed by atoms with E-state index in [2.05, 4.69) is 0 Å². The monoisotopic (exact) mass is 219 g/mol. The van der Waals surface area contributed by atoms with Gasteiger partial charge in [-0.2, -0.15) is 0 Å². The van der Waals surface area contributed by atoms with Crippen LogP contribution in [0.1, 0.15) is 24.0 Å². The largest absolute Gasteiger partial charge is 0.481 e. The van der Waals surface area contributed by atoms with Gasteiger partial charge in [0.1, 0.15) is 0 Å². The fraction of sp³-hybridized carbons (Fsp3) is 0.462. The van der Waals surface area contributed by atoms with Gasteiger partial charge in [0.2, 0.25) is 0 Å². The number of carboxylic acid groups (broad SMARTS) is 1. The van der Waals surface area contributed by atoms with Gasteiger partial charge in [-0.05, 0) is 37.8 Å². The minimum Gasteiger partial charge on any atom is -0.481 e. The van der Waals surface area contributed by atoms with Crippen molar-refractivity contribution in [3.63, 3.8) is 0 Å². The van der Waals surface area contributed by atoms with Crippen molar-refractivity contribution in [2.24, 2.45) is 11.7 Å². The van der Waals surface area contributed by atoms with Crippen molar-refractivity contribution in [2.45, 2.75) is 25.2 Å². The van der Waals surface area contributed by atoms with Gasteiger partial charge < -0.3 is 10.8 Å². The van der Waals surface area contributed by atoms with E-state index in [1.807, 2.05) is 31.2 Å². The Balaban J connectivity index is 2.28. The van der Waals surface area contributed by atoms with E-state index in [4.69, 9.17) is 5.73 Å². The first-order valence-electron chi connectivity index (χ1n) is 5.59. The van der Waals surface area contributed by atoms with Crippen LogP contribution in [0.2, 0.25) is 0 Å². The van der Waals surface area contributed by atoms with Crippen LogP contribution in [-0.4, -0.2) is 17.6 Å². The van der Waals surface area contributed by atoms with Gasteiger partial charge in [0.15, 0.2) is 0 Å². The van der Waals surface area contributed by atoms with E-state index in [0.717, 1.165) is 11.1 Å². The summed E-state index contributed by atoms with van der Waals surface area (Å²) in [6.45, 7) is 2.58. The Bertz CT molecular complexity index is 391. The molecule has 1 aliphatic carbocycles. The van der Waals surface area contributed by atoms with Crippen molar-refractivity contribution in [3.05, 3.63) is 35.4 Å². The molecule has 0 aliphatic heterocycles. The smallest absolute Gasteiger partial charge is 0.314 e. The normalized spacial score (nSPS) is 28.5. The highest BCUT2D eigenvalue weighted by Crippen LogP contribution is 2.47. The van der Waals surface area contributed by atoms with E-state index in [1.54, 1.807) is 0 Å². The molecule has 2 rings (SSSR count). The van der Waals surface area contributed by atoms with Crippen LogP contribution in [0.3, 0.4) is 0 Å². The van der Waals surface area contributed by atoms with Gasteiger partial charge in [0, 0.05) is 0 Å². The van der Waals surface area contributed by atoms with Gasteiger partial charge in [-0.25, -0.2) is 0 Å². The van der Waals surface area contributed by atoms with Crippen molar-refractivity contribution in [1.29, 1.82) is 0 Å². The van der Waals surface area contributed by atoms with Gasteiger partial charge in [0.25, 0.3) is 0 Å². The molecule has 3 nitrogen and oxygen atoms in total. The lowest BCUT2D eigenvalue weighted by Gasteiger charge is -2.44. The maximum Gasteiger partial charge on any atom is 0.314 e. The molecule has 1 saturated carbocycles. The lowest BCUT2D eigenvalue weighted by Crippen LogP contribution is -2.49. The second-order valence-corrected chi connectivity index (χ2v) is 4.76. The van der Waals surface area contributed by atoms with Gasteiger partial charge in [-0.15, -0.1) is 0 Å². The van der Waals surface area contributed by atoms with Crippen LogP contribution >= 0.6 is 0 Å². The third-order valence-electron chi connectivity index (χ3n) is 3.62. The maximum atomic E-state index is 11.4. The minimum absolute atomic E-state index is 0.359. The lowest BCUT2D eigenvalue weighted by molar-refractivity contribution is -0.149. The number of aliphatic carboxylic acids is 1. The molecule has 1 fully saturated rings. The molecular formula is C13H17NO2. The number of hydrogen-bond acceptors (Lipinski definition) is 2. The fourth-order valence-corrected chi connectivity index (χ4v) is 2.50. The molecule has 0 saturated heterocycles. The number of benzene rings is 1. The number of hydrogen-bond donors (Lipinski definition) is 2. The third kappa shape index (κ3) is 1.61. The van der Waals surface area contributed by atoms with Crippen LogP contribution in [0.4, 0.5) is 0 Å². The average molecular weight is 219 g/mol. The molecule has 0 amide bonds. The fourth-order valence-electron chi connectivity index (χ4n) is 2.50. The van der Waals surface area contributed by atoms with Gasteiger partial charge in [0.05, 0.1) is 5.41 Å². The number of carboxylic acids is 1. The van der Waals surface area contributed by atoms with Crippen molar-refractivity contribution in [1.82, 2.24) is 0 Å². The van der Waals surface area contributed by atoms with Crippen LogP contribution in [-0.2, 0) is 10.2 Å². The molecule has 1 aromatic rings. The predicted molar refractivity (Wildman–Crippen MR) is 62.3 cm³/mol. The zero-order valence-electron chi connectivity index (χ0n) is 9.44. The quantitative estimate of drug-likeness (QED) is 0.813. The summed E-state index contributed by atoms with van der Waals surface area (Å²) < 4.78 is 0. The van der Waals surface area contributed by atoms with Crippen molar-refractivity contribution in [2.75, 3.05) is 6.54 Å². The van der Waals surface area contributed by atoms with Crippen LogP contribution < -0.4 is 5.73 Å². The molecule has 0 aromatic heterocycles. The first-order chi connectivity index (χ1) is 7.58. The molecule has 16 heavy (non-hydrogen) atoms. The van der Waals surface area contributed by atoms with Crippen LogP contribution in [0.15, 0.2) is 24.3 Å². The third-order valence-corrected chi connectivity index (χ3v) is 3.62. The molecule has 0 radical (unpaired) electrons. The molecule has 3 heteroatoms. The second kappa shape index (κ2) is 3.91.